The lowest BCUT2D eigenvalue weighted by Gasteiger charge is -2.26. The van der Waals surface area contributed by atoms with Gasteiger partial charge in [-0.15, -0.1) is 0 Å². The third kappa shape index (κ3) is 2.39. The fourth-order valence-electron chi connectivity index (χ4n) is 2.75. The minimum Gasteiger partial charge on any atom is -0.497 e. The van der Waals surface area contributed by atoms with Gasteiger partial charge in [-0.25, -0.2) is 0 Å². The van der Waals surface area contributed by atoms with Crippen LogP contribution in [-0.2, 0) is 6.54 Å². The second-order valence-corrected chi connectivity index (χ2v) is 5.04. The summed E-state index contributed by atoms with van der Waals surface area (Å²) < 4.78 is 5.31. The van der Waals surface area contributed by atoms with Gasteiger partial charge in [-0.2, -0.15) is 0 Å². The zero-order valence-corrected chi connectivity index (χ0v) is 10.9. The van der Waals surface area contributed by atoms with Crippen LogP contribution >= 0.6 is 0 Å². The summed E-state index contributed by atoms with van der Waals surface area (Å²) in [6.07, 6.45) is 1.25. The van der Waals surface area contributed by atoms with Crippen molar-refractivity contribution in [2.24, 2.45) is 11.7 Å². The summed E-state index contributed by atoms with van der Waals surface area (Å²) in [5, 5.41) is 0. The van der Waals surface area contributed by atoms with Gasteiger partial charge in [0, 0.05) is 30.9 Å². The number of hydrogen-bond acceptors (Lipinski definition) is 3. The maximum atomic E-state index is 5.82. The van der Waals surface area contributed by atoms with Crippen molar-refractivity contribution in [2.45, 2.75) is 32.9 Å². The van der Waals surface area contributed by atoms with E-state index in [1.54, 1.807) is 7.11 Å². The molecule has 1 aromatic carbocycles. The minimum atomic E-state index is 0.580. The first-order valence-electron chi connectivity index (χ1n) is 6.29. The van der Waals surface area contributed by atoms with E-state index in [-0.39, 0.29) is 0 Å². The first kappa shape index (κ1) is 12.2. The van der Waals surface area contributed by atoms with Crippen LogP contribution in [0.15, 0.2) is 18.2 Å². The molecule has 0 aromatic heterocycles. The summed E-state index contributed by atoms with van der Waals surface area (Å²) in [4.78, 5) is 2.45. The second kappa shape index (κ2) is 4.96. The van der Waals surface area contributed by atoms with Crippen LogP contribution in [-0.4, -0.2) is 19.7 Å². The lowest BCUT2D eigenvalue weighted by molar-refractivity contribution is 0.414. The van der Waals surface area contributed by atoms with Gasteiger partial charge < -0.3 is 15.4 Å². The zero-order chi connectivity index (χ0) is 12.4. The van der Waals surface area contributed by atoms with Gasteiger partial charge in [0.25, 0.3) is 0 Å². The molecule has 2 atom stereocenters. The molecular weight excluding hydrogens is 212 g/mol. The van der Waals surface area contributed by atoms with E-state index in [2.05, 4.69) is 30.9 Å². The van der Waals surface area contributed by atoms with E-state index < -0.39 is 0 Å². The average Bonchev–Trinajstić information content (AvgIpc) is 2.67. The van der Waals surface area contributed by atoms with E-state index in [1.165, 1.54) is 17.7 Å². The fourth-order valence-corrected chi connectivity index (χ4v) is 2.75. The Hall–Kier alpha value is -1.22. The monoisotopic (exact) mass is 234 g/mol. The average molecular weight is 234 g/mol. The molecule has 0 spiro atoms. The molecular formula is C14H22N2O. The third-order valence-electron chi connectivity index (χ3n) is 3.61. The molecule has 2 unspecified atom stereocenters. The summed E-state index contributed by atoms with van der Waals surface area (Å²) in [5.74, 6) is 1.66. The van der Waals surface area contributed by atoms with Crippen molar-refractivity contribution in [1.82, 2.24) is 0 Å². The molecule has 0 bridgehead atoms. The molecule has 0 amide bonds. The molecule has 2 N–H and O–H groups in total. The molecule has 94 valence electrons. The van der Waals surface area contributed by atoms with Crippen LogP contribution in [0, 0.1) is 5.92 Å². The number of methoxy groups -OCH3 is 1. The van der Waals surface area contributed by atoms with Crippen LogP contribution in [0.25, 0.3) is 0 Å². The minimum absolute atomic E-state index is 0.580. The number of hydrogen-bond donors (Lipinski definition) is 1. The van der Waals surface area contributed by atoms with Gasteiger partial charge in [-0.05, 0) is 30.9 Å². The Morgan fingerprint density at radius 1 is 1.41 bits per heavy atom. The van der Waals surface area contributed by atoms with Crippen LogP contribution in [0.3, 0.4) is 0 Å². The number of benzene rings is 1. The predicted molar refractivity (Wildman–Crippen MR) is 71.5 cm³/mol. The topological polar surface area (TPSA) is 38.5 Å². The summed E-state index contributed by atoms with van der Waals surface area (Å²) >= 11 is 0. The number of nitrogens with zero attached hydrogens (tertiary/aromatic N) is 1. The van der Waals surface area contributed by atoms with Crippen molar-refractivity contribution in [3.05, 3.63) is 23.8 Å². The SMILES string of the molecule is COc1ccc(CN)c(N2CC(C)CC2C)c1. The first-order chi connectivity index (χ1) is 8.15. The van der Waals surface area contributed by atoms with Crippen molar-refractivity contribution >= 4 is 5.69 Å². The van der Waals surface area contributed by atoms with Gasteiger partial charge in [-0.1, -0.05) is 13.0 Å². The molecule has 1 heterocycles. The van der Waals surface area contributed by atoms with Gasteiger partial charge in [0.15, 0.2) is 0 Å². The summed E-state index contributed by atoms with van der Waals surface area (Å²) in [7, 11) is 1.71. The molecule has 0 aliphatic carbocycles. The molecule has 1 fully saturated rings. The van der Waals surface area contributed by atoms with E-state index in [0.29, 0.717) is 12.6 Å². The largest absolute Gasteiger partial charge is 0.497 e. The van der Waals surface area contributed by atoms with Crippen LogP contribution < -0.4 is 15.4 Å². The highest BCUT2D eigenvalue weighted by atomic mass is 16.5. The Bertz CT molecular complexity index is 392. The molecule has 3 heteroatoms. The Balaban J connectivity index is 2.35. The molecule has 1 aliphatic heterocycles. The lowest BCUT2D eigenvalue weighted by atomic mass is 10.1. The number of rotatable bonds is 3. The summed E-state index contributed by atoms with van der Waals surface area (Å²) in [6.45, 7) is 6.28. The molecule has 3 nitrogen and oxygen atoms in total. The molecule has 1 aliphatic rings. The maximum absolute atomic E-state index is 5.82. The third-order valence-corrected chi connectivity index (χ3v) is 3.61. The molecule has 2 rings (SSSR count). The van der Waals surface area contributed by atoms with Crippen LogP contribution in [0.2, 0.25) is 0 Å². The van der Waals surface area contributed by atoms with E-state index in [9.17, 15) is 0 Å². The van der Waals surface area contributed by atoms with Crippen molar-refractivity contribution in [2.75, 3.05) is 18.6 Å². The predicted octanol–water partition coefficient (Wildman–Crippen LogP) is 2.39. The van der Waals surface area contributed by atoms with Crippen LogP contribution in [0.4, 0.5) is 5.69 Å². The molecule has 1 aromatic rings. The zero-order valence-electron chi connectivity index (χ0n) is 10.9. The van der Waals surface area contributed by atoms with Gasteiger partial charge in [-0.3, -0.25) is 0 Å². The summed E-state index contributed by atoms with van der Waals surface area (Å²) in [6, 6.07) is 6.75. The van der Waals surface area contributed by atoms with E-state index in [0.717, 1.165) is 18.2 Å². The molecule has 0 saturated carbocycles. The fraction of sp³-hybridized carbons (Fsp3) is 0.571. The number of nitrogens with two attached hydrogens (primary N) is 1. The van der Waals surface area contributed by atoms with Gasteiger partial charge in [0.1, 0.15) is 5.75 Å². The van der Waals surface area contributed by atoms with E-state index in [4.69, 9.17) is 10.5 Å². The maximum Gasteiger partial charge on any atom is 0.120 e. The van der Waals surface area contributed by atoms with Gasteiger partial charge in [0.2, 0.25) is 0 Å². The van der Waals surface area contributed by atoms with E-state index in [1.807, 2.05) is 6.07 Å². The summed E-state index contributed by atoms with van der Waals surface area (Å²) in [5.41, 5.74) is 8.26. The normalized spacial score (nSPS) is 24.1. The lowest BCUT2D eigenvalue weighted by Crippen LogP contribution is -2.28. The first-order valence-corrected chi connectivity index (χ1v) is 6.29. The van der Waals surface area contributed by atoms with Crippen molar-refractivity contribution < 1.29 is 4.74 Å². The van der Waals surface area contributed by atoms with Gasteiger partial charge in [0.05, 0.1) is 7.11 Å². The number of anilines is 1. The van der Waals surface area contributed by atoms with Crippen molar-refractivity contribution in [1.29, 1.82) is 0 Å². The van der Waals surface area contributed by atoms with E-state index >= 15 is 0 Å². The van der Waals surface area contributed by atoms with Gasteiger partial charge >= 0.3 is 0 Å². The highest BCUT2D eigenvalue weighted by molar-refractivity contribution is 5.58. The number of ether oxygens (including phenoxy) is 1. The standard InChI is InChI=1S/C14H22N2O/c1-10-6-11(2)16(9-10)14-7-13(17-3)5-4-12(14)8-15/h4-5,7,10-11H,6,8-9,15H2,1-3H3. The molecule has 0 radical (unpaired) electrons. The Morgan fingerprint density at radius 3 is 2.71 bits per heavy atom. The van der Waals surface area contributed by atoms with Crippen molar-refractivity contribution in [3.8, 4) is 5.75 Å². The Labute approximate surface area is 104 Å². The van der Waals surface area contributed by atoms with Crippen LogP contribution in [0.1, 0.15) is 25.8 Å². The smallest absolute Gasteiger partial charge is 0.120 e. The highest BCUT2D eigenvalue weighted by Gasteiger charge is 2.27. The molecule has 17 heavy (non-hydrogen) atoms. The van der Waals surface area contributed by atoms with Crippen LogP contribution in [0.5, 0.6) is 5.75 Å². The highest BCUT2D eigenvalue weighted by Crippen LogP contribution is 2.33. The Kier molecular flexibility index (Phi) is 3.57. The quantitative estimate of drug-likeness (QED) is 0.872. The second-order valence-electron chi connectivity index (χ2n) is 5.04. The Morgan fingerprint density at radius 2 is 2.18 bits per heavy atom. The molecule has 1 saturated heterocycles. The van der Waals surface area contributed by atoms with Crippen molar-refractivity contribution in [3.63, 3.8) is 0 Å².